The van der Waals surface area contributed by atoms with Crippen LogP contribution >= 0.6 is 0 Å². The lowest BCUT2D eigenvalue weighted by atomic mass is 9.98. The molecule has 0 amide bonds. The van der Waals surface area contributed by atoms with Crippen LogP contribution in [0.25, 0.3) is 11.0 Å². The van der Waals surface area contributed by atoms with Gasteiger partial charge in [-0.05, 0) is 75.9 Å². The van der Waals surface area contributed by atoms with Crippen molar-refractivity contribution in [2.75, 3.05) is 13.1 Å². The molecule has 3 rings (SSSR count). The number of imidazole rings is 1. The van der Waals surface area contributed by atoms with Gasteiger partial charge in [0, 0.05) is 0 Å². The van der Waals surface area contributed by atoms with Crippen LogP contribution in [0.3, 0.4) is 0 Å². The summed E-state index contributed by atoms with van der Waals surface area (Å²) in [5.74, 6) is 1.99. The molecule has 0 aliphatic carbocycles. The maximum Gasteiger partial charge on any atom is 0.124 e. The quantitative estimate of drug-likeness (QED) is 0.896. The highest BCUT2D eigenvalue weighted by atomic mass is 15.2. The van der Waals surface area contributed by atoms with Crippen molar-refractivity contribution in [2.24, 2.45) is 5.92 Å². The van der Waals surface area contributed by atoms with Crippen LogP contribution in [-0.4, -0.2) is 28.0 Å². The van der Waals surface area contributed by atoms with Crippen LogP contribution in [0.2, 0.25) is 0 Å². The summed E-state index contributed by atoms with van der Waals surface area (Å²) in [5.41, 5.74) is 4.91. The minimum absolute atomic E-state index is 0.385. The number of likely N-dealkylation sites (tertiary alicyclic amines) is 1. The van der Waals surface area contributed by atoms with Gasteiger partial charge in [-0.3, -0.25) is 4.90 Å². The minimum atomic E-state index is 0.385. The van der Waals surface area contributed by atoms with Crippen LogP contribution in [0.4, 0.5) is 0 Å². The maximum absolute atomic E-state index is 4.81. The van der Waals surface area contributed by atoms with Crippen LogP contribution < -0.4 is 0 Å². The van der Waals surface area contributed by atoms with Crippen molar-refractivity contribution in [2.45, 2.75) is 46.6 Å². The average molecular weight is 271 g/mol. The molecule has 1 aliphatic rings. The molecule has 0 saturated carbocycles. The number of rotatable bonds is 2. The molecule has 1 aromatic heterocycles. The number of nitrogens with one attached hydrogen (secondary N) is 1. The van der Waals surface area contributed by atoms with Gasteiger partial charge in [0.25, 0.3) is 0 Å². The molecule has 1 unspecified atom stereocenters. The number of aromatic nitrogens is 2. The van der Waals surface area contributed by atoms with Gasteiger partial charge in [-0.25, -0.2) is 4.98 Å². The number of hydrogen-bond acceptors (Lipinski definition) is 2. The maximum atomic E-state index is 4.81. The number of piperidine rings is 1. The molecule has 1 aliphatic heterocycles. The second kappa shape index (κ2) is 5.21. The van der Waals surface area contributed by atoms with Crippen molar-refractivity contribution in [3.8, 4) is 0 Å². The van der Waals surface area contributed by atoms with Crippen LogP contribution in [0.15, 0.2) is 12.1 Å². The fraction of sp³-hybridized carbons (Fsp3) is 0.588. The normalized spacial score (nSPS) is 19.6. The molecule has 1 N–H and O–H groups in total. The highest BCUT2D eigenvalue weighted by molar-refractivity contribution is 5.77. The number of aryl methyl sites for hydroxylation is 2. The summed E-state index contributed by atoms with van der Waals surface area (Å²) >= 11 is 0. The Labute approximate surface area is 121 Å². The smallest absolute Gasteiger partial charge is 0.124 e. The van der Waals surface area contributed by atoms with E-state index < -0.39 is 0 Å². The summed E-state index contributed by atoms with van der Waals surface area (Å²) in [5, 5.41) is 0. The van der Waals surface area contributed by atoms with Gasteiger partial charge < -0.3 is 4.98 Å². The molecule has 20 heavy (non-hydrogen) atoms. The molecule has 1 saturated heterocycles. The number of hydrogen-bond donors (Lipinski definition) is 1. The zero-order valence-electron chi connectivity index (χ0n) is 13.0. The summed E-state index contributed by atoms with van der Waals surface area (Å²) in [4.78, 5) is 10.9. The minimum Gasteiger partial charge on any atom is -0.341 e. The molecule has 0 spiro atoms. The fourth-order valence-corrected chi connectivity index (χ4v) is 3.08. The zero-order chi connectivity index (χ0) is 14.3. The third-order valence-electron chi connectivity index (χ3n) is 4.88. The molecule has 108 valence electrons. The molecule has 0 radical (unpaired) electrons. The lowest BCUT2D eigenvalue weighted by Gasteiger charge is -2.33. The second-order valence-electron chi connectivity index (χ2n) is 6.47. The first-order valence-electron chi connectivity index (χ1n) is 7.75. The first-order valence-corrected chi connectivity index (χ1v) is 7.75. The van der Waals surface area contributed by atoms with Gasteiger partial charge in [-0.15, -0.1) is 0 Å². The van der Waals surface area contributed by atoms with Crippen molar-refractivity contribution < 1.29 is 0 Å². The van der Waals surface area contributed by atoms with Crippen LogP contribution in [0.5, 0.6) is 0 Å². The summed E-state index contributed by atoms with van der Waals surface area (Å²) in [6.07, 6.45) is 2.62. The van der Waals surface area contributed by atoms with E-state index in [1.54, 1.807) is 0 Å². The Morgan fingerprint density at radius 3 is 2.55 bits per heavy atom. The second-order valence-corrected chi connectivity index (χ2v) is 6.47. The monoisotopic (exact) mass is 271 g/mol. The van der Waals surface area contributed by atoms with Crippen LogP contribution in [0.1, 0.15) is 49.7 Å². The topological polar surface area (TPSA) is 31.9 Å². The Bertz CT molecular complexity index is 567. The standard InChI is InChI=1S/C17H25N3/c1-11-5-7-20(8-6-11)14(4)17-18-15-9-12(2)13(3)10-16(15)19-17/h9-11,14H,5-8H2,1-4H3,(H,18,19). The zero-order valence-corrected chi connectivity index (χ0v) is 13.0. The predicted molar refractivity (Wildman–Crippen MR) is 84.0 cm³/mol. The summed E-state index contributed by atoms with van der Waals surface area (Å²) in [6.45, 7) is 11.3. The first-order chi connectivity index (χ1) is 9.54. The largest absolute Gasteiger partial charge is 0.341 e. The highest BCUT2D eigenvalue weighted by Crippen LogP contribution is 2.27. The van der Waals surface area contributed by atoms with E-state index in [0.29, 0.717) is 6.04 Å². The Morgan fingerprint density at radius 2 is 1.85 bits per heavy atom. The van der Waals surface area contributed by atoms with E-state index in [9.17, 15) is 0 Å². The first kappa shape index (κ1) is 13.6. The van der Waals surface area contributed by atoms with Gasteiger partial charge in [0.2, 0.25) is 0 Å². The number of fused-ring (bicyclic) bond motifs is 1. The summed E-state index contributed by atoms with van der Waals surface area (Å²) in [7, 11) is 0. The average Bonchev–Trinajstić information content (AvgIpc) is 2.82. The summed E-state index contributed by atoms with van der Waals surface area (Å²) < 4.78 is 0. The Balaban J connectivity index is 1.86. The molecule has 1 atom stereocenters. The lowest BCUT2D eigenvalue weighted by molar-refractivity contribution is 0.143. The van der Waals surface area contributed by atoms with E-state index in [1.165, 1.54) is 42.6 Å². The fourth-order valence-electron chi connectivity index (χ4n) is 3.08. The third kappa shape index (κ3) is 2.47. The van der Waals surface area contributed by atoms with E-state index in [1.807, 2.05) is 0 Å². The van der Waals surface area contributed by atoms with E-state index in [0.717, 1.165) is 17.3 Å². The predicted octanol–water partition coefficient (Wildman–Crippen LogP) is 3.97. The van der Waals surface area contributed by atoms with Crippen molar-refractivity contribution in [3.05, 3.63) is 29.1 Å². The van der Waals surface area contributed by atoms with Crippen molar-refractivity contribution >= 4 is 11.0 Å². The van der Waals surface area contributed by atoms with Crippen molar-refractivity contribution in [1.29, 1.82) is 0 Å². The van der Waals surface area contributed by atoms with E-state index >= 15 is 0 Å². The lowest BCUT2D eigenvalue weighted by Crippen LogP contribution is -2.35. The van der Waals surface area contributed by atoms with Gasteiger partial charge in [-0.2, -0.15) is 0 Å². The molecule has 0 bridgehead atoms. The SMILES string of the molecule is Cc1cc2nc(C(C)N3CCC(C)CC3)[nH]c2cc1C. The van der Waals surface area contributed by atoms with Crippen molar-refractivity contribution in [3.63, 3.8) is 0 Å². The Morgan fingerprint density at radius 1 is 1.20 bits per heavy atom. The Kier molecular flexibility index (Phi) is 3.55. The Hall–Kier alpha value is -1.35. The number of benzene rings is 1. The van der Waals surface area contributed by atoms with E-state index in [2.05, 4.69) is 49.7 Å². The van der Waals surface area contributed by atoms with Gasteiger partial charge >= 0.3 is 0 Å². The van der Waals surface area contributed by atoms with Crippen LogP contribution in [0, 0.1) is 19.8 Å². The number of nitrogens with zero attached hydrogens (tertiary/aromatic N) is 2. The summed E-state index contributed by atoms with van der Waals surface area (Å²) in [6, 6.07) is 4.79. The molecular weight excluding hydrogens is 246 g/mol. The molecule has 1 aromatic carbocycles. The van der Waals surface area contributed by atoms with E-state index in [4.69, 9.17) is 4.98 Å². The molecule has 3 nitrogen and oxygen atoms in total. The molecular formula is C17H25N3. The van der Waals surface area contributed by atoms with E-state index in [-0.39, 0.29) is 0 Å². The van der Waals surface area contributed by atoms with Gasteiger partial charge in [-0.1, -0.05) is 6.92 Å². The van der Waals surface area contributed by atoms with Gasteiger partial charge in [0.1, 0.15) is 5.82 Å². The molecule has 2 aromatic rings. The molecule has 1 fully saturated rings. The number of aromatic amines is 1. The number of H-pyrrole nitrogens is 1. The molecule has 2 heterocycles. The third-order valence-corrected chi connectivity index (χ3v) is 4.88. The molecule has 3 heteroatoms. The van der Waals surface area contributed by atoms with Gasteiger partial charge in [0.05, 0.1) is 17.1 Å². The van der Waals surface area contributed by atoms with Crippen molar-refractivity contribution in [1.82, 2.24) is 14.9 Å². The highest BCUT2D eigenvalue weighted by Gasteiger charge is 2.23. The van der Waals surface area contributed by atoms with Gasteiger partial charge in [0.15, 0.2) is 0 Å². The van der Waals surface area contributed by atoms with Crippen LogP contribution in [-0.2, 0) is 0 Å².